The number of hydrogen-bond acceptors (Lipinski definition) is 4. The molecule has 0 atom stereocenters. The van der Waals surface area contributed by atoms with Crippen LogP contribution < -0.4 is 4.74 Å². The van der Waals surface area contributed by atoms with Crippen LogP contribution in [0.1, 0.15) is 5.56 Å². The topological polar surface area (TPSA) is 59.7 Å². The number of nitrogens with zero attached hydrogens (tertiary/aromatic N) is 3. The van der Waals surface area contributed by atoms with Crippen molar-refractivity contribution >= 4 is 17.1 Å². The first kappa shape index (κ1) is 12.0. The standard InChI is InChI=1S/C13H10ClN3O2/c14-13-15-12(19-10-4-2-1-3-5-10)11-6-9(8-18)7-17(11)16-13/h1-7,18H,8H2. The first-order valence-electron chi connectivity index (χ1n) is 5.65. The monoisotopic (exact) mass is 275 g/mol. The Kier molecular flexibility index (Phi) is 3.06. The predicted molar refractivity (Wildman–Crippen MR) is 70.4 cm³/mol. The molecule has 0 aliphatic heterocycles. The number of para-hydroxylation sites is 1. The van der Waals surface area contributed by atoms with Gasteiger partial charge in [-0.2, -0.15) is 4.98 Å². The second-order valence-electron chi connectivity index (χ2n) is 3.94. The van der Waals surface area contributed by atoms with Gasteiger partial charge in [-0.3, -0.25) is 0 Å². The summed E-state index contributed by atoms with van der Waals surface area (Å²) in [7, 11) is 0. The molecule has 1 aromatic carbocycles. The zero-order chi connectivity index (χ0) is 13.2. The van der Waals surface area contributed by atoms with Gasteiger partial charge in [0.1, 0.15) is 11.3 Å². The maximum absolute atomic E-state index is 9.15. The number of halogens is 1. The van der Waals surface area contributed by atoms with Gasteiger partial charge in [0.25, 0.3) is 0 Å². The van der Waals surface area contributed by atoms with Crippen molar-refractivity contribution in [1.29, 1.82) is 0 Å². The molecule has 2 heterocycles. The third-order valence-corrected chi connectivity index (χ3v) is 2.76. The largest absolute Gasteiger partial charge is 0.437 e. The van der Waals surface area contributed by atoms with Gasteiger partial charge in [-0.1, -0.05) is 18.2 Å². The van der Waals surface area contributed by atoms with Gasteiger partial charge in [-0.15, -0.1) is 5.10 Å². The molecule has 0 aliphatic carbocycles. The van der Waals surface area contributed by atoms with Gasteiger partial charge in [-0.05, 0) is 35.4 Å². The third kappa shape index (κ3) is 2.38. The SMILES string of the molecule is OCc1cc2c(Oc3ccccc3)nc(Cl)nn2c1. The molecule has 6 heteroatoms. The first-order valence-corrected chi connectivity index (χ1v) is 6.02. The molecule has 0 saturated carbocycles. The van der Waals surface area contributed by atoms with Crippen LogP contribution in [0, 0.1) is 0 Å². The molecule has 3 aromatic rings. The van der Waals surface area contributed by atoms with E-state index < -0.39 is 0 Å². The quantitative estimate of drug-likeness (QED) is 0.798. The fraction of sp³-hybridized carbons (Fsp3) is 0.0769. The van der Waals surface area contributed by atoms with Crippen LogP contribution in [0.5, 0.6) is 11.6 Å². The smallest absolute Gasteiger partial charge is 0.248 e. The van der Waals surface area contributed by atoms with Gasteiger partial charge < -0.3 is 9.84 Å². The third-order valence-electron chi connectivity index (χ3n) is 2.60. The number of rotatable bonds is 3. The molecule has 19 heavy (non-hydrogen) atoms. The average Bonchev–Trinajstić information content (AvgIpc) is 2.83. The Morgan fingerprint density at radius 3 is 2.79 bits per heavy atom. The lowest BCUT2D eigenvalue weighted by Crippen LogP contribution is -1.97. The number of aliphatic hydroxyl groups is 1. The summed E-state index contributed by atoms with van der Waals surface area (Å²) in [6, 6.07) is 11.0. The zero-order valence-electron chi connectivity index (χ0n) is 9.82. The van der Waals surface area contributed by atoms with Crippen LogP contribution in [0.2, 0.25) is 5.28 Å². The van der Waals surface area contributed by atoms with E-state index in [4.69, 9.17) is 21.4 Å². The summed E-state index contributed by atoms with van der Waals surface area (Å²) >= 11 is 5.86. The molecule has 0 unspecified atom stereocenters. The van der Waals surface area contributed by atoms with Crippen molar-refractivity contribution in [2.24, 2.45) is 0 Å². The Balaban J connectivity index is 2.09. The maximum Gasteiger partial charge on any atom is 0.248 e. The average molecular weight is 276 g/mol. The Hall–Kier alpha value is -2.11. The fourth-order valence-electron chi connectivity index (χ4n) is 1.76. The maximum atomic E-state index is 9.15. The number of ether oxygens (including phenoxy) is 1. The van der Waals surface area contributed by atoms with E-state index in [9.17, 15) is 0 Å². The minimum Gasteiger partial charge on any atom is -0.437 e. The van der Waals surface area contributed by atoms with Gasteiger partial charge in [0.2, 0.25) is 11.2 Å². The molecule has 96 valence electrons. The van der Waals surface area contributed by atoms with Crippen LogP contribution in [-0.2, 0) is 6.61 Å². The Labute approximate surface area is 114 Å². The molecule has 5 nitrogen and oxygen atoms in total. The van der Waals surface area contributed by atoms with Crippen LogP contribution in [0.4, 0.5) is 0 Å². The van der Waals surface area contributed by atoms with Gasteiger partial charge >= 0.3 is 0 Å². The van der Waals surface area contributed by atoms with Gasteiger partial charge in [0.15, 0.2) is 0 Å². The predicted octanol–water partition coefficient (Wildman–Crippen LogP) is 2.67. The van der Waals surface area contributed by atoms with Crippen molar-refractivity contribution in [2.45, 2.75) is 6.61 Å². The highest BCUT2D eigenvalue weighted by Gasteiger charge is 2.11. The molecule has 0 fully saturated rings. The highest BCUT2D eigenvalue weighted by molar-refractivity contribution is 6.28. The molecular weight excluding hydrogens is 266 g/mol. The highest BCUT2D eigenvalue weighted by atomic mass is 35.5. The second kappa shape index (κ2) is 4.87. The molecule has 2 aromatic heterocycles. The highest BCUT2D eigenvalue weighted by Crippen LogP contribution is 2.26. The molecule has 0 saturated heterocycles. The number of benzene rings is 1. The summed E-state index contributed by atoms with van der Waals surface area (Å²) in [4.78, 5) is 4.07. The van der Waals surface area contributed by atoms with Crippen molar-refractivity contribution in [1.82, 2.24) is 14.6 Å². The molecular formula is C13H10ClN3O2. The number of aliphatic hydroxyl groups excluding tert-OH is 1. The normalized spacial score (nSPS) is 10.8. The summed E-state index contributed by atoms with van der Waals surface area (Å²) in [6.45, 7) is -0.0776. The van der Waals surface area contributed by atoms with Crippen molar-refractivity contribution < 1.29 is 9.84 Å². The van der Waals surface area contributed by atoms with Gasteiger partial charge in [0.05, 0.1) is 6.61 Å². The van der Waals surface area contributed by atoms with E-state index in [2.05, 4.69) is 10.1 Å². The Morgan fingerprint density at radius 2 is 2.05 bits per heavy atom. The lowest BCUT2D eigenvalue weighted by atomic mass is 10.3. The van der Waals surface area contributed by atoms with E-state index in [1.54, 1.807) is 16.8 Å². The molecule has 0 aliphatic rings. The van der Waals surface area contributed by atoms with Crippen LogP contribution in [0.3, 0.4) is 0 Å². The van der Waals surface area contributed by atoms with Crippen molar-refractivity contribution in [2.75, 3.05) is 0 Å². The van der Waals surface area contributed by atoms with Gasteiger partial charge in [0, 0.05) is 6.20 Å². The van der Waals surface area contributed by atoms with Crippen LogP contribution in [0.15, 0.2) is 42.6 Å². The minimum absolute atomic E-state index is 0.0776. The molecule has 0 bridgehead atoms. The lowest BCUT2D eigenvalue weighted by molar-refractivity contribution is 0.282. The van der Waals surface area contributed by atoms with E-state index >= 15 is 0 Å². The fourth-order valence-corrected chi connectivity index (χ4v) is 1.92. The molecule has 0 radical (unpaired) electrons. The van der Waals surface area contributed by atoms with Crippen LogP contribution in [0.25, 0.3) is 5.52 Å². The number of fused-ring (bicyclic) bond motifs is 1. The summed E-state index contributed by atoms with van der Waals surface area (Å²) in [6.07, 6.45) is 1.68. The summed E-state index contributed by atoms with van der Waals surface area (Å²) < 4.78 is 7.23. The molecule has 1 N–H and O–H groups in total. The van der Waals surface area contributed by atoms with Crippen molar-refractivity contribution in [3.63, 3.8) is 0 Å². The molecule has 3 rings (SSSR count). The first-order chi connectivity index (χ1) is 9.26. The summed E-state index contributed by atoms with van der Waals surface area (Å²) in [5, 5.41) is 13.3. The number of hydrogen-bond donors (Lipinski definition) is 1. The van der Waals surface area contributed by atoms with E-state index in [-0.39, 0.29) is 11.9 Å². The second-order valence-corrected chi connectivity index (χ2v) is 4.28. The Morgan fingerprint density at radius 1 is 1.26 bits per heavy atom. The van der Waals surface area contributed by atoms with E-state index in [0.717, 1.165) is 5.56 Å². The zero-order valence-corrected chi connectivity index (χ0v) is 10.6. The van der Waals surface area contributed by atoms with Crippen LogP contribution in [-0.4, -0.2) is 19.7 Å². The van der Waals surface area contributed by atoms with Crippen molar-refractivity contribution in [3.05, 3.63) is 53.4 Å². The lowest BCUT2D eigenvalue weighted by Gasteiger charge is -2.06. The Bertz CT molecular complexity index is 712. The molecule has 0 amide bonds. The van der Waals surface area contributed by atoms with Crippen LogP contribution >= 0.6 is 11.6 Å². The summed E-state index contributed by atoms with van der Waals surface area (Å²) in [5.74, 6) is 1.01. The van der Waals surface area contributed by atoms with Crippen molar-refractivity contribution in [3.8, 4) is 11.6 Å². The van der Waals surface area contributed by atoms with E-state index in [1.807, 2.05) is 30.3 Å². The van der Waals surface area contributed by atoms with E-state index in [1.165, 1.54) is 0 Å². The minimum atomic E-state index is -0.0776. The van der Waals surface area contributed by atoms with E-state index in [0.29, 0.717) is 17.1 Å². The number of aromatic nitrogens is 3. The van der Waals surface area contributed by atoms with Gasteiger partial charge in [-0.25, -0.2) is 4.52 Å². The summed E-state index contributed by atoms with van der Waals surface area (Å²) in [5.41, 5.74) is 1.37. The molecule has 0 spiro atoms.